The van der Waals surface area contributed by atoms with Gasteiger partial charge in [0, 0.05) is 26.6 Å². The zero-order valence-electron chi connectivity index (χ0n) is 14.8. The van der Waals surface area contributed by atoms with E-state index < -0.39 is 0 Å². The fraction of sp³-hybridized carbons (Fsp3) is 0.190. The lowest BCUT2D eigenvalue weighted by Crippen LogP contribution is -2.12. The van der Waals surface area contributed by atoms with Gasteiger partial charge in [-0.3, -0.25) is 0 Å². The van der Waals surface area contributed by atoms with Crippen LogP contribution in [0.2, 0.25) is 5.02 Å². The standard InChI is InChI=1S/C21H19ClN2S3/c1-13-16-9-15(22)7-8-19(16)27-20(13)18-12-26-21(24-18)17(23)11-25-10-14-5-3-2-4-6-14/h2-9,12,17H,10-11,23H2,1H3. The number of nitrogens with two attached hydrogens (primary N) is 1. The zero-order chi connectivity index (χ0) is 18.8. The molecule has 0 saturated carbocycles. The second kappa shape index (κ2) is 8.33. The van der Waals surface area contributed by atoms with E-state index in [0.717, 1.165) is 27.2 Å². The molecule has 2 aromatic carbocycles. The van der Waals surface area contributed by atoms with E-state index in [2.05, 4.69) is 42.6 Å². The van der Waals surface area contributed by atoms with Gasteiger partial charge < -0.3 is 5.73 Å². The summed E-state index contributed by atoms with van der Waals surface area (Å²) >= 11 is 11.4. The highest BCUT2D eigenvalue weighted by atomic mass is 35.5. The van der Waals surface area contributed by atoms with E-state index in [1.807, 2.05) is 30.0 Å². The van der Waals surface area contributed by atoms with Crippen LogP contribution in [0.25, 0.3) is 20.7 Å². The third-order valence-electron chi connectivity index (χ3n) is 4.38. The van der Waals surface area contributed by atoms with Crippen LogP contribution in [0.4, 0.5) is 0 Å². The van der Waals surface area contributed by atoms with Crippen molar-refractivity contribution in [3.05, 3.63) is 75.1 Å². The molecule has 1 unspecified atom stereocenters. The van der Waals surface area contributed by atoms with E-state index in [4.69, 9.17) is 22.3 Å². The van der Waals surface area contributed by atoms with E-state index in [1.54, 1.807) is 22.7 Å². The average Bonchev–Trinajstić information content (AvgIpc) is 3.28. The summed E-state index contributed by atoms with van der Waals surface area (Å²) in [6, 6.07) is 16.5. The number of aromatic nitrogens is 1. The molecule has 0 saturated heterocycles. The molecule has 1 atom stereocenters. The largest absolute Gasteiger partial charge is 0.321 e. The molecule has 2 nitrogen and oxygen atoms in total. The van der Waals surface area contributed by atoms with Crippen LogP contribution in [0.1, 0.15) is 22.2 Å². The Kier molecular flexibility index (Phi) is 5.85. The van der Waals surface area contributed by atoms with Gasteiger partial charge in [0.15, 0.2) is 0 Å². The van der Waals surface area contributed by atoms with Crippen molar-refractivity contribution in [2.24, 2.45) is 5.73 Å². The average molecular weight is 431 g/mol. The summed E-state index contributed by atoms with van der Waals surface area (Å²) < 4.78 is 1.24. The van der Waals surface area contributed by atoms with E-state index in [0.29, 0.717) is 0 Å². The number of nitrogens with zero attached hydrogens (tertiary/aromatic N) is 1. The molecule has 0 radical (unpaired) electrons. The topological polar surface area (TPSA) is 38.9 Å². The maximum absolute atomic E-state index is 6.40. The zero-order valence-corrected chi connectivity index (χ0v) is 18.0. The monoisotopic (exact) mass is 430 g/mol. The van der Waals surface area contributed by atoms with Crippen LogP contribution in [0, 0.1) is 6.92 Å². The Labute approximate surface area is 176 Å². The van der Waals surface area contributed by atoms with Gasteiger partial charge in [-0.05, 0) is 41.6 Å². The first-order chi connectivity index (χ1) is 13.1. The fourth-order valence-electron chi connectivity index (χ4n) is 2.95. The lowest BCUT2D eigenvalue weighted by atomic mass is 10.1. The SMILES string of the molecule is Cc1c(-c2csc(C(N)CSCc3ccccc3)n2)sc2ccc(Cl)cc12. The van der Waals surface area contributed by atoms with Crippen molar-refractivity contribution >= 4 is 56.1 Å². The lowest BCUT2D eigenvalue weighted by molar-refractivity contribution is 0.820. The van der Waals surface area contributed by atoms with Gasteiger partial charge in [0.2, 0.25) is 0 Å². The molecule has 138 valence electrons. The molecule has 0 bridgehead atoms. The van der Waals surface area contributed by atoms with E-state index >= 15 is 0 Å². The molecular formula is C21H19ClN2S3. The second-order valence-corrected chi connectivity index (χ2v) is 9.78. The molecule has 4 rings (SSSR count). The first-order valence-electron chi connectivity index (χ1n) is 8.63. The van der Waals surface area contributed by atoms with Crippen LogP contribution in [-0.4, -0.2) is 10.7 Å². The second-order valence-electron chi connectivity index (χ2n) is 6.37. The quantitative estimate of drug-likeness (QED) is 0.360. The number of fused-ring (bicyclic) bond motifs is 1. The molecule has 0 fully saturated rings. The first kappa shape index (κ1) is 19.0. The van der Waals surface area contributed by atoms with Crippen LogP contribution >= 0.6 is 46.0 Å². The van der Waals surface area contributed by atoms with Crippen molar-refractivity contribution in [1.82, 2.24) is 4.98 Å². The lowest BCUT2D eigenvalue weighted by Gasteiger charge is -2.08. The van der Waals surface area contributed by atoms with E-state index in [9.17, 15) is 0 Å². The minimum absolute atomic E-state index is 0.0402. The number of aryl methyl sites for hydroxylation is 1. The Hall–Kier alpha value is -1.37. The molecule has 27 heavy (non-hydrogen) atoms. The molecule has 0 spiro atoms. The Bertz CT molecular complexity index is 1060. The summed E-state index contributed by atoms with van der Waals surface area (Å²) in [6.07, 6.45) is 0. The number of hydrogen-bond donors (Lipinski definition) is 1. The molecule has 2 heterocycles. The van der Waals surface area contributed by atoms with Gasteiger partial charge in [-0.25, -0.2) is 4.98 Å². The maximum atomic E-state index is 6.40. The molecule has 0 aliphatic rings. The highest BCUT2D eigenvalue weighted by Gasteiger charge is 2.16. The number of thioether (sulfide) groups is 1. The normalized spacial score (nSPS) is 12.6. The molecule has 6 heteroatoms. The Morgan fingerprint density at radius 2 is 2.00 bits per heavy atom. The number of hydrogen-bond acceptors (Lipinski definition) is 5. The van der Waals surface area contributed by atoms with E-state index in [-0.39, 0.29) is 6.04 Å². The predicted molar refractivity (Wildman–Crippen MR) is 122 cm³/mol. The van der Waals surface area contributed by atoms with Gasteiger partial charge in [0.05, 0.1) is 16.6 Å². The highest BCUT2D eigenvalue weighted by Crippen LogP contribution is 2.40. The summed E-state index contributed by atoms with van der Waals surface area (Å²) in [5.41, 5.74) is 9.98. The van der Waals surface area contributed by atoms with Gasteiger partial charge in [0.25, 0.3) is 0 Å². The number of rotatable bonds is 6. The van der Waals surface area contributed by atoms with Crippen LogP contribution in [0.5, 0.6) is 0 Å². The third kappa shape index (κ3) is 4.23. The molecule has 4 aromatic rings. The van der Waals surface area contributed by atoms with E-state index in [1.165, 1.54) is 26.1 Å². The summed E-state index contributed by atoms with van der Waals surface area (Å²) in [5.74, 6) is 1.84. The Morgan fingerprint density at radius 1 is 1.19 bits per heavy atom. The molecule has 0 aliphatic heterocycles. The van der Waals surface area contributed by atoms with Crippen LogP contribution < -0.4 is 5.73 Å². The van der Waals surface area contributed by atoms with Crippen molar-refractivity contribution < 1.29 is 0 Å². The van der Waals surface area contributed by atoms with Crippen molar-refractivity contribution in [1.29, 1.82) is 0 Å². The molecule has 0 amide bonds. The maximum Gasteiger partial charge on any atom is 0.111 e. The predicted octanol–water partition coefficient (Wildman–Crippen LogP) is 6.92. The van der Waals surface area contributed by atoms with Crippen LogP contribution in [-0.2, 0) is 5.75 Å². The minimum Gasteiger partial charge on any atom is -0.321 e. The van der Waals surface area contributed by atoms with Crippen molar-refractivity contribution in [2.45, 2.75) is 18.7 Å². The summed E-state index contributed by atoms with van der Waals surface area (Å²) in [4.78, 5) is 6.05. The van der Waals surface area contributed by atoms with Crippen molar-refractivity contribution in [3.8, 4) is 10.6 Å². The molecule has 2 aromatic heterocycles. The molecule has 2 N–H and O–H groups in total. The van der Waals surface area contributed by atoms with Crippen molar-refractivity contribution in [3.63, 3.8) is 0 Å². The fourth-order valence-corrected chi connectivity index (χ4v) is 6.22. The third-order valence-corrected chi connectivity index (χ3v) is 8.02. The summed E-state index contributed by atoms with van der Waals surface area (Å²) in [6.45, 7) is 2.14. The smallest absolute Gasteiger partial charge is 0.111 e. The minimum atomic E-state index is -0.0402. The Morgan fingerprint density at radius 3 is 2.81 bits per heavy atom. The number of thiophene rings is 1. The van der Waals surface area contributed by atoms with Gasteiger partial charge in [0.1, 0.15) is 5.01 Å². The van der Waals surface area contributed by atoms with Gasteiger partial charge in [-0.2, -0.15) is 11.8 Å². The van der Waals surface area contributed by atoms with Gasteiger partial charge in [-0.15, -0.1) is 22.7 Å². The van der Waals surface area contributed by atoms with Crippen LogP contribution in [0.3, 0.4) is 0 Å². The van der Waals surface area contributed by atoms with Crippen LogP contribution in [0.15, 0.2) is 53.9 Å². The number of benzene rings is 2. The molecular weight excluding hydrogens is 412 g/mol. The van der Waals surface area contributed by atoms with Gasteiger partial charge in [-0.1, -0.05) is 41.9 Å². The number of halogens is 1. The number of thiazole rings is 1. The Balaban J connectivity index is 1.47. The van der Waals surface area contributed by atoms with Gasteiger partial charge >= 0.3 is 0 Å². The summed E-state index contributed by atoms with van der Waals surface area (Å²) in [5, 5.41) is 5.10. The first-order valence-corrected chi connectivity index (χ1v) is 11.9. The highest BCUT2D eigenvalue weighted by molar-refractivity contribution is 7.98. The summed E-state index contributed by atoms with van der Waals surface area (Å²) in [7, 11) is 0. The molecule has 0 aliphatic carbocycles. The van der Waals surface area contributed by atoms with Crippen molar-refractivity contribution in [2.75, 3.05) is 5.75 Å².